The van der Waals surface area contributed by atoms with Gasteiger partial charge in [0.25, 0.3) is 5.91 Å². The van der Waals surface area contributed by atoms with Crippen molar-refractivity contribution < 1.29 is 26.4 Å². The minimum atomic E-state index is -4.05. The average Bonchev–Trinajstić information content (AvgIpc) is 2.92. The highest BCUT2D eigenvalue weighted by atomic mass is 32.2. The first-order chi connectivity index (χ1) is 13.8. The normalized spacial score (nSPS) is 12.1. The molecule has 3 rings (SSSR count). The highest BCUT2D eigenvalue weighted by Crippen LogP contribution is 2.32. The van der Waals surface area contributed by atoms with Crippen LogP contribution >= 0.6 is 0 Å². The standard InChI is InChI=1S/C19H19N3O6S2/c1-12-18(13(2)23)16-11-15(5-6-17(16)21(12)29(3,25)26)22(30(4,27)28)19(24)14-7-9-20-10-8-14/h5-11H,1-4H3. The third kappa shape index (κ3) is 3.73. The maximum atomic E-state index is 12.9. The number of sulfonamides is 1. The quantitative estimate of drug-likeness (QED) is 0.546. The predicted octanol–water partition coefficient (Wildman–Crippen LogP) is 1.96. The summed E-state index contributed by atoms with van der Waals surface area (Å²) in [6.45, 7) is 2.78. The number of anilines is 1. The molecular weight excluding hydrogens is 430 g/mol. The predicted molar refractivity (Wildman–Crippen MR) is 113 cm³/mol. The van der Waals surface area contributed by atoms with E-state index in [2.05, 4.69) is 4.98 Å². The van der Waals surface area contributed by atoms with Gasteiger partial charge in [-0.1, -0.05) is 0 Å². The van der Waals surface area contributed by atoms with Crippen LogP contribution in [0.4, 0.5) is 5.69 Å². The van der Waals surface area contributed by atoms with Gasteiger partial charge in [0, 0.05) is 34.6 Å². The van der Waals surface area contributed by atoms with Gasteiger partial charge in [-0.3, -0.25) is 14.6 Å². The van der Waals surface area contributed by atoms with Crippen LogP contribution in [-0.4, -0.2) is 50.0 Å². The highest BCUT2D eigenvalue weighted by Gasteiger charge is 2.29. The summed E-state index contributed by atoms with van der Waals surface area (Å²) in [7, 11) is -7.78. The van der Waals surface area contributed by atoms with Crippen LogP contribution in [0.1, 0.15) is 33.3 Å². The van der Waals surface area contributed by atoms with Gasteiger partial charge in [-0.2, -0.15) is 0 Å². The molecule has 0 saturated heterocycles. The molecule has 0 aliphatic carbocycles. The monoisotopic (exact) mass is 449 g/mol. The Morgan fingerprint density at radius 2 is 1.60 bits per heavy atom. The van der Waals surface area contributed by atoms with Crippen LogP contribution < -0.4 is 4.31 Å². The lowest BCUT2D eigenvalue weighted by Crippen LogP contribution is -2.36. The first-order valence-corrected chi connectivity index (χ1v) is 12.3. The number of pyridine rings is 1. The van der Waals surface area contributed by atoms with Crippen LogP contribution in [0.15, 0.2) is 42.7 Å². The highest BCUT2D eigenvalue weighted by molar-refractivity contribution is 7.92. The Labute approximate surface area is 174 Å². The number of carbonyl (C=O) groups is 2. The van der Waals surface area contributed by atoms with Crippen LogP contribution in [0.3, 0.4) is 0 Å². The summed E-state index contributed by atoms with van der Waals surface area (Å²) in [5, 5.41) is 0.235. The van der Waals surface area contributed by atoms with Gasteiger partial charge in [-0.15, -0.1) is 0 Å². The van der Waals surface area contributed by atoms with Crippen LogP contribution in [-0.2, 0) is 20.0 Å². The van der Waals surface area contributed by atoms with E-state index in [0.717, 1.165) is 16.5 Å². The molecule has 2 aromatic heterocycles. The SMILES string of the molecule is CC(=O)c1c(C)n(S(C)(=O)=O)c2ccc(N(C(=O)c3ccncc3)S(C)(=O)=O)cc12. The Balaban J connectivity index is 2.33. The molecule has 30 heavy (non-hydrogen) atoms. The molecule has 0 bridgehead atoms. The van der Waals surface area contributed by atoms with Gasteiger partial charge in [-0.25, -0.2) is 25.1 Å². The zero-order valence-electron chi connectivity index (χ0n) is 16.6. The van der Waals surface area contributed by atoms with E-state index < -0.39 is 26.0 Å². The van der Waals surface area contributed by atoms with Crippen molar-refractivity contribution in [2.24, 2.45) is 0 Å². The number of hydrogen-bond donors (Lipinski definition) is 0. The molecule has 0 unspecified atom stereocenters. The summed E-state index contributed by atoms with van der Waals surface area (Å²) in [5.74, 6) is -1.19. The smallest absolute Gasteiger partial charge is 0.272 e. The molecule has 0 fully saturated rings. The second kappa shape index (κ2) is 7.33. The molecule has 0 aliphatic heterocycles. The zero-order chi connectivity index (χ0) is 22.4. The Morgan fingerprint density at radius 1 is 1.00 bits per heavy atom. The number of amides is 1. The van der Waals surface area contributed by atoms with Crippen molar-refractivity contribution in [1.82, 2.24) is 8.96 Å². The van der Waals surface area contributed by atoms with Gasteiger partial charge in [0.05, 0.1) is 23.7 Å². The maximum Gasteiger partial charge on any atom is 0.272 e. The van der Waals surface area contributed by atoms with Crippen molar-refractivity contribution in [3.05, 3.63) is 59.5 Å². The van der Waals surface area contributed by atoms with E-state index in [0.29, 0.717) is 4.31 Å². The summed E-state index contributed by atoms with van der Waals surface area (Å²) < 4.78 is 51.1. The number of benzene rings is 1. The molecule has 1 aromatic carbocycles. The van der Waals surface area contributed by atoms with Crippen molar-refractivity contribution in [1.29, 1.82) is 0 Å². The Hall–Kier alpha value is -3.05. The lowest BCUT2D eigenvalue weighted by atomic mass is 10.1. The minimum absolute atomic E-state index is 0.0139. The average molecular weight is 450 g/mol. The van der Waals surface area contributed by atoms with E-state index in [9.17, 15) is 26.4 Å². The van der Waals surface area contributed by atoms with Crippen LogP contribution in [0.5, 0.6) is 0 Å². The third-order valence-electron chi connectivity index (χ3n) is 4.50. The minimum Gasteiger partial charge on any atom is -0.294 e. The van der Waals surface area contributed by atoms with E-state index >= 15 is 0 Å². The molecule has 0 aliphatic rings. The summed E-state index contributed by atoms with van der Waals surface area (Å²) in [6, 6.07) is 6.80. The Kier molecular flexibility index (Phi) is 5.29. The van der Waals surface area contributed by atoms with E-state index in [1.807, 2.05) is 0 Å². The number of Topliss-reactive ketones (excluding diaryl/α,β-unsaturated/α-hetero) is 1. The second-order valence-electron chi connectivity index (χ2n) is 6.81. The molecule has 0 spiro atoms. The zero-order valence-corrected chi connectivity index (χ0v) is 18.3. The first kappa shape index (κ1) is 21.7. The molecule has 1 amide bonds. The molecule has 0 N–H and O–H groups in total. The molecule has 3 aromatic rings. The number of rotatable bonds is 5. The van der Waals surface area contributed by atoms with Gasteiger partial charge in [0.15, 0.2) is 5.78 Å². The molecule has 11 heteroatoms. The lowest BCUT2D eigenvalue weighted by Gasteiger charge is -2.20. The number of hydrogen-bond acceptors (Lipinski definition) is 7. The summed E-state index contributed by atoms with van der Waals surface area (Å²) in [6.07, 6.45) is 4.61. The molecule has 9 nitrogen and oxygen atoms in total. The van der Waals surface area contributed by atoms with Crippen molar-refractivity contribution in [3.63, 3.8) is 0 Å². The number of fused-ring (bicyclic) bond motifs is 1. The number of nitrogens with zero attached hydrogens (tertiary/aromatic N) is 3. The molecular formula is C19H19N3O6S2. The Bertz CT molecular complexity index is 1390. The summed E-state index contributed by atoms with van der Waals surface area (Å²) in [5.41, 5.74) is 0.659. The Morgan fingerprint density at radius 3 is 2.10 bits per heavy atom. The van der Waals surface area contributed by atoms with E-state index in [1.165, 1.54) is 56.6 Å². The van der Waals surface area contributed by atoms with Crippen LogP contribution in [0.2, 0.25) is 0 Å². The first-order valence-electron chi connectivity index (χ1n) is 8.65. The molecule has 2 heterocycles. The van der Waals surface area contributed by atoms with Gasteiger partial charge in [0.2, 0.25) is 20.0 Å². The number of aromatic nitrogens is 2. The van der Waals surface area contributed by atoms with Crippen molar-refractivity contribution >= 4 is 48.3 Å². The fraction of sp³-hybridized carbons (Fsp3) is 0.211. The van der Waals surface area contributed by atoms with Crippen LogP contribution in [0.25, 0.3) is 10.9 Å². The number of ketones is 1. The third-order valence-corrected chi connectivity index (χ3v) is 6.67. The largest absolute Gasteiger partial charge is 0.294 e. The van der Waals surface area contributed by atoms with Crippen molar-refractivity contribution in [2.45, 2.75) is 13.8 Å². The van der Waals surface area contributed by atoms with Gasteiger partial charge < -0.3 is 0 Å². The molecule has 0 radical (unpaired) electrons. The van der Waals surface area contributed by atoms with Crippen LogP contribution in [0, 0.1) is 6.92 Å². The maximum absolute atomic E-state index is 12.9. The van der Waals surface area contributed by atoms with E-state index in [4.69, 9.17) is 0 Å². The summed E-state index contributed by atoms with van der Waals surface area (Å²) >= 11 is 0. The van der Waals surface area contributed by atoms with E-state index in [-0.39, 0.29) is 39.2 Å². The lowest BCUT2D eigenvalue weighted by molar-refractivity contribution is 0.100. The van der Waals surface area contributed by atoms with Crippen molar-refractivity contribution in [2.75, 3.05) is 16.8 Å². The molecule has 0 atom stereocenters. The fourth-order valence-corrected chi connectivity index (χ4v) is 5.46. The van der Waals surface area contributed by atoms with E-state index in [1.54, 1.807) is 0 Å². The topological polar surface area (TPSA) is 123 Å². The fourth-order valence-electron chi connectivity index (χ4n) is 3.45. The number of carbonyl (C=O) groups excluding carboxylic acids is 2. The second-order valence-corrected chi connectivity index (χ2v) is 10.5. The van der Waals surface area contributed by atoms with Gasteiger partial charge in [-0.05, 0) is 44.2 Å². The van der Waals surface area contributed by atoms with Gasteiger partial charge >= 0.3 is 0 Å². The van der Waals surface area contributed by atoms with Gasteiger partial charge in [0.1, 0.15) is 0 Å². The van der Waals surface area contributed by atoms with Crippen molar-refractivity contribution in [3.8, 4) is 0 Å². The molecule has 0 saturated carbocycles. The summed E-state index contributed by atoms with van der Waals surface area (Å²) in [4.78, 5) is 29.0. The molecule has 158 valence electrons.